The van der Waals surface area contributed by atoms with E-state index in [1.807, 2.05) is 17.7 Å². The topological polar surface area (TPSA) is 87.6 Å². The number of hydrogen-bond donors (Lipinski definition) is 2. The number of piperazine rings is 1. The first-order valence-electron chi connectivity index (χ1n) is 12.2. The SMILES string of the molecule is CN1CCN(CCCNC(=O)c2ccc3c(c2)nc(Nc2nc4ccc(OC(F)(F)F)cc4s2)n3C)CC1. The summed E-state index contributed by atoms with van der Waals surface area (Å²) in [7, 11) is 3.96. The Morgan fingerprint density at radius 1 is 1.05 bits per heavy atom. The lowest BCUT2D eigenvalue weighted by molar-refractivity contribution is -0.274. The molecule has 0 atom stereocenters. The molecule has 9 nitrogen and oxygen atoms in total. The number of aromatic nitrogens is 3. The summed E-state index contributed by atoms with van der Waals surface area (Å²) in [5, 5.41) is 6.60. The molecule has 0 saturated carbocycles. The molecule has 1 amide bonds. The van der Waals surface area contributed by atoms with E-state index in [0.717, 1.165) is 44.7 Å². The molecule has 1 fully saturated rings. The molecule has 1 aliphatic heterocycles. The number of nitrogens with zero attached hydrogens (tertiary/aromatic N) is 5. The molecule has 38 heavy (non-hydrogen) atoms. The van der Waals surface area contributed by atoms with Crippen LogP contribution in [0.4, 0.5) is 24.3 Å². The van der Waals surface area contributed by atoms with Crippen LogP contribution in [0.5, 0.6) is 5.75 Å². The number of anilines is 2. The molecule has 2 aromatic carbocycles. The van der Waals surface area contributed by atoms with Crippen molar-refractivity contribution in [1.82, 2.24) is 29.7 Å². The Labute approximate surface area is 221 Å². The van der Waals surface area contributed by atoms with E-state index in [2.05, 4.69) is 42.2 Å². The minimum atomic E-state index is -4.76. The van der Waals surface area contributed by atoms with Gasteiger partial charge in [0.2, 0.25) is 5.95 Å². The molecular formula is C25H28F3N7O2S. The minimum absolute atomic E-state index is 0.145. The first kappa shape index (κ1) is 26.2. The number of nitrogens with one attached hydrogen (secondary N) is 2. The van der Waals surface area contributed by atoms with Gasteiger partial charge in [0.25, 0.3) is 5.91 Å². The fourth-order valence-corrected chi connectivity index (χ4v) is 5.27. The number of rotatable bonds is 8. The van der Waals surface area contributed by atoms with Crippen LogP contribution in [0.25, 0.3) is 21.3 Å². The molecule has 202 valence electrons. The number of amides is 1. The van der Waals surface area contributed by atoms with Gasteiger partial charge in [0.1, 0.15) is 5.75 Å². The monoisotopic (exact) mass is 547 g/mol. The van der Waals surface area contributed by atoms with E-state index < -0.39 is 6.36 Å². The van der Waals surface area contributed by atoms with Gasteiger partial charge in [-0.2, -0.15) is 0 Å². The lowest BCUT2D eigenvalue weighted by Gasteiger charge is -2.32. The van der Waals surface area contributed by atoms with Crippen molar-refractivity contribution in [2.75, 3.05) is 51.6 Å². The van der Waals surface area contributed by atoms with E-state index in [4.69, 9.17) is 0 Å². The Kier molecular flexibility index (Phi) is 7.41. The van der Waals surface area contributed by atoms with Crippen LogP contribution in [0, 0.1) is 0 Å². The number of halogens is 3. The van der Waals surface area contributed by atoms with E-state index >= 15 is 0 Å². The number of carbonyl (C=O) groups excluding carboxylic acids is 1. The molecule has 0 unspecified atom stereocenters. The number of ether oxygens (including phenoxy) is 1. The zero-order valence-electron chi connectivity index (χ0n) is 21.0. The van der Waals surface area contributed by atoms with Gasteiger partial charge < -0.3 is 29.7 Å². The molecular weight excluding hydrogens is 519 g/mol. The quantitative estimate of drug-likeness (QED) is 0.320. The van der Waals surface area contributed by atoms with Crippen LogP contribution in [-0.2, 0) is 7.05 Å². The smallest absolute Gasteiger partial charge is 0.406 e. The standard InChI is InChI=1S/C25H28F3N7O2S/c1-33-10-12-35(13-11-33)9-3-8-29-22(36)16-4-7-20-19(14-16)30-23(34(20)2)32-24-31-18-6-5-17(15-21(18)38-24)37-25(26,27)28/h4-7,14-15H,3,8-13H2,1-2H3,(H,29,36)(H,30,31,32). The Morgan fingerprint density at radius 3 is 2.61 bits per heavy atom. The van der Waals surface area contributed by atoms with Crippen LogP contribution >= 0.6 is 11.3 Å². The molecule has 0 spiro atoms. The van der Waals surface area contributed by atoms with Crippen molar-refractivity contribution in [1.29, 1.82) is 0 Å². The van der Waals surface area contributed by atoms with Gasteiger partial charge in [-0.25, -0.2) is 9.97 Å². The molecule has 0 bridgehead atoms. The molecule has 4 aromatic rings. The van der Waals surface area contributed by atoms with Crippen LogP contribution in [0.1, 0.15) is 16.8 Å². The van der Waals surface area contributed by atoms with Crippen LogP contribution in [0.2, 0.25) is 0 Å². The summed E-state index contributed by atoms with van der Waals surface area (Å²) >= 11 is 1.19. The van der Waals surface area contributed by atoms with Gasteiger partial charge in [-0.15, -0.1) is 13.2 Å². The van der Waals surface area contributed by atoms with Gasteiger partial charge >= 0.3 is 6.36 Å². The largest absolute Gasteiger partial charge is 0.573 e. The van der Waals surface area contributed by atoms with Gasteiger partial charge in [0, 0.05) is 51.4 Å². The van der Waals surface area contributed by atoms with E-state index in [0.29, 0.717) is 38.9 Å². The van der Waals surface area contributed by atoms with E-state index in [1.54, 1.807) is 12.1 Å². The summed E-state index contributed by atoms with van der Waals surface area (Å²) in [5.74, 6) is 0.0529. The molecule has 5 rings (SSSR count). The third-order valence-electron chi connectivity index (χ3n) is 6.49. The maximum absolute atomic E-state index is 12.7. The van der Waals surface area contributed by atoms with Crippen molar-refractivity contribution in [2.45, 2.75) is 12.8 Å². The number of benzene rings is 2. The maximum atomic E-state index is 12.7. The number of imidazole rings is 1. The minimum Gasteiger partial charge on any atom is -0.406 e. The number of thiazole rings is 1. The first-order chi connectivity index (χ1) is 18.1. The number of carbonyl (C=O) groups is 1. The zero-order valence-corrected chi connectivity index (χ0v) is 21.8. The molecule has 1 aliphatic rings. The second-order valence-electron chi connectivity index (χ2n) is 9.27. The van der Waals surface area contributed by atoms with Crippen LogP contribution in [0.15, 0.2) is 36.4 Å². The second-order valence-corrected chi connectivity index (χ2v) is 10.3. The Hall–Kier alpha value is -3.42. The van der Waals surface area contributed by atoms with Crippen molar-refractivity contribution in [2.24, 2.45) is 7.05 Å². The van der Waals surface area contributed by atoms with Crippen LogP contribution < -0.4 is 15.4 Å². The Morgan fingerprint density at radius 2 is 1.84 bits per heavy atom. The summed E-state index contributed by atoms with van der Waals surface area (Å²) in [4.78, 5) is 26.5. The molecule has 3 heterocycles. The molecule has 2 N–H and O–H groups in total. The summed E-state index contributed by atoms with van der Waals surface area (Å²) < 4.78 is 44.0. The Balaban J connectivity index is 1.22. The number of likely N-dealkylation sites (N-methyl/N-ethyl adjacent to an activating group) is 1. The normalized spacial score (nSPS) is 15.3. The summed E-state index contributed by atoms with van der Waals surface area (Å²) in [6, 6.07) is 9.36. The van der Waals surface area contributed by atoms with Crippen molar-refractivity contribution in [3.8, 4) is 5.75 Å². The van der Waals surface area contributed by atoms with Crippen molar-refractivity contribution in [3.05, 3.63) is 42.0 Å². The molecule has 2 aromatic heterocycles. The highest BCUT2D eigenvalue weighted by Gasteiger charge is 2.31. The number of alkyl halides is 3. The third kappa shape index (κ3) is 6.17. The average molecular weight is 548 g/mol. The fourth-order valence-electron chi connectivity index (χ4n) is 4.38. The van der Waals surface area contributed by atoms with Gasteiger partial charge in [-0.05, 0) is 50.3 Å². The predicted octanol–water partition coefficient (Wildman–Crippen LogP) is 4.19. The second kappa shape index (κ2) is 10.8. The van der Waals surface area contributed by atoms with Crippen LogP contribution in [0.3, 0.4) is 0 Å². The van der Waals surface area contributed by atoms with E-state index in [1.165, 1.54) is 29.5 Å². The lowest BCUT2D eigenvalue weighted by atomic mass is 10.2. The number of aryl methyl sites for hydroxylation is 1. The molecule has 1 saturated heterocycles. The summed E-state index contributed by atoms with van der Waals surface area (Å²) in [5.41, 5.74) is 2.53. The first-order valence-corrected chi connectivity index (χ1v) is 13.1. The molecule has 13 heteroatoms. The summed E-state index contributed by atoms with van der Waals surface area (Å²) in [6.45, 7) is 5.83. The lowest BCUT2D eigenvalue weighted by Crippen LogP contribution is -2.45. The van der Waals surface area contributed by atoms with Gasteiger partial charge in [0.05, 0.1) is 21.3 Å². The fraction of sp³-hybridized carbons (Fsp3) is 0.400. The number of fused-ring (bicyclic) bond motifs is 2. The van der Waals surface area contributed by atoms with Gasteiger partial charge in [0.15, 0.2) is 5.13 Å². The molecule has 0 radical (unpaired) electrons. The third-order valence-corrected chi connectivity index (χ3v) is 7.42. The van der Waals surface area contributed by atoms with Crippen molar-refractivity contribution >= 4 is 49.6 Å². The highest BCUT2D eigenvalue weighted by Crippen LogP contribution is 2.33. The zero-order chi connectivity index (χ0) is 26.9. The van der Waals surface area contributed by atoms with E-state index in [-0.39, 0.29) is 11.7 Å². The maximum Gasteiger partial charge on any atom is 0.573 e. The summed E-state index contributed by atoms with van der Waals surface area (Å²) in [6.07, 6.45) is -3.87. The van der Waals surface area contributed by atoms with Gasteiger partial charge in [-0.3, -0.25) is 4.79 Å². The average Bonchev–Trinajstić information content (AvgIpc) is 3.41. The highest BCUT2D eigenvalue weighted by molar-refractivity contribution is 7.22. The molecule has 0 aliphatic carbocycles. The van der Waals surface area contributed by atoms with E-state index in [9.17, 15) is 18.0 Å². The Bertz CT molecular complexity index is 1440. The highest BCUT2D eigenvalue weighted by atomic mass is 32.1. The van der Waals surface area contributed by atoms with Gasteiger partial charge in [-0.1, -0.05) is 11.3 Å². The number of hydrogen-bond acceptors (Lipinski definition) is 8. The van der Waals surface area contributed by atoms with Crippen LogP contribution in [-0.4, -0.2) is 82.9 Å². The predicted molar refractivity (Wildman–Crippen MR) is 141 cm³/mol. The van der Waals surface area contributed by atoms with Crippen molar-refractivity contribution < 1.29 is 22.7 Å². The van der Waals surface area contributed by atoms with Crippen molar-refractivity contribution in [3.63, 3.8) is 0 Å².